The van der Waals surface area contributed by atoms with Gasteiger partial charge in [0.1, 0.15) is 0 Å². The van der Waals surface area contributed by atoms with Crippen LogP contribution < -0.4 is 5.32 Å². The topological polar surface area (TPSA) is 24.9 Å². The van der Waals surface area contributed by atoms with Gasteiger partial charge in [0, 0.05) is 29.4 Å². The first-order chi connectivity index (χ1) is 9.20. The van der Waals surface area contributed by atoms with Crippen LogP contribution in [0.4, 0.5) is 14.5 Å². The molecule has 1 aliphatic carbocycles. The molecule has 0 bridgehead atoms. The van der Waals surface area contributed by atoms with Crippen molar-refractivity contribution in [1.82, 2.24) is 4.98 Å². The highest BCUT2D eigenvalue weighted by Gasteiger charge is 2.19. The van der Waals surface area contributed by atoms with Gasteiger partial charge in [0.05, 0.1) is 5.52 Å². The predicted molar refractivity (Wildman–Crippen MR) is 72.5 cm³/mol. The Morgan fingerprint density at radius 2 is 1.89 bits per heavy atom. The Morgan fingerprint density at radius 3 is 2.68 bits per heavy atom. The second kappa shape index (κ2) is 4.76. The molecular formula is C15H16F2N2. The molecule has 1 heterocycles. The van der Waals surface area contributed by atoms with E-state index in [9.17, 15) is 8.78 Å². The van der Waals surface area contributed by atoms with E-state index in [1.807, 2.05) is 6.92 Å². The Morgan fingerprint density at radius 1 is 1.16 bits per heavy atom. The fraction of sp³-hybridized carbons (Fsp3) is 0.400. The first kappa shape index (κ1) is 12.3. The summed E-state index contributed by atoms with van der Waals surface area (Å²) in [5.41, 5.74) is 3.67. The summed E-state index contributed by atoms with van der Waals surface area (Å²) in [7, 11) is 0. The maximum atomic E-state index is 13.5. The van der Waals surface area contributed by atoms with Gasteiger partial charge in [-0.1, -0.05) is 0 Å². The Hall–Kier alpha value is -1.71. The van der Waals surface area contributed by atoms with Crippen LogP contribution in [-0.4, -0.2) is 11.5 Å². The Kier molecular flexibility index (Phi) is 3.09. The molecule has 1 aromatic heterocycles. The predicted octanol–water partition coefficient (Wildman–Crippen LogP) is 3.82. The van der Waals surface area contributed by atoms with Crippen LogP contribution in [0.15, 0.2) is 12.1 Å². The normalized spacial score (nSPS) is 14.5. The van der Waals surface area contributed by atoms with Crippen molar-refractivity contribution in [3.8, 4) is 0 Å². The quantitative estimate of drug-likeness (QED) is 0.889. The van der Waals surface area contributed by atoms with Gasteiger partial charge >= 0.3 is 0 Å². The standard InChI is InChI=1S/C15H16F2N2/c1-2-18-15-9-5-3-4-6-13(9)19-14-8-12(17)11(16)7-10(14)15/h7-8H,2-6H2,1H3,(H,18,19). The van der Waals surface area contributed by atoms with Crippen molar-refractivity contribution in [3.05, 3.63) is 35.0 Å². The lowest BCUT2D eigenvalue weighted by molar-refractivity contribution is 0.510. The third kappa shape index (κ3) is 2.05. The summed E-state index contributed by atoms with van der Waals surface area (Å²) in [5, 5.41) is 3.98. The maximum Gasteiger partial charge on any atom is 0.161 e. The third-order valence-electron chi connectivity index (χ3n) is 3.66. The number of aromatic nitrogens is 1. The number of anilines is 1. The van der Waals surface area contributed by atoms with Crippen LogP contribution in [0.5, 0.6) is 0 Å². The molecule has 4 heteroatoms. The van der Waals surface area contributed by atoms with Gasteiger partial charge in [-0.2, -0.15) is 0 Å². The first-order valence-corrected chi connectivity index (χ1v) is 6.75. The van der Waals surface area contributed by atoms with Gasteiger partial charge in [-0.15, -0.1) is 0 Å². The summed E-state index contributed by atoms with van der Waals surface area (Å²) in [5.74, 6) is -1.65. The van der Waals surface area contributed by atoms with Gasteiger partial charge in [-0.25, -0.2) is 8.78 Å². The minimum Gasteiger partial charge on any atom is -0.384 e. The van der Waals surface area contributed by atoms with Crippen molar-refractivity contribution in [2.45, 2.75) is 32.6 Å². The summed E-state index contributed by atoms with van der Waals surface area (Å²) >= 11 is 0. The third-order valence-corrected chi connectivity index (χ3v) is 3.66. The number of nitrogens with zero attached hydrogens (tertiary/aromatic N) is 1. The van der Waals surface area contributed by atoms with Gasteiger partial charge in [-0.3, -0.25) is 4.98 Å². The van der Waals surface area contributed by atoms with Crippen LogP contribution in [0.2, 0.25) is 0 Å². The second-order valence-electron chi connectivity index (χ2n) is 4.93. The number of hydrogen-bond donors (Lipinski definition) is 1. The lowest BCUT2D eigenvalue weighted by Crippen LogP contribution is -2.11. The highest BCUT2D eigenvalue weighted by Crippen LogP contribution is 2.34. The van der Waals surface area contributed by atoms with Crippen molar-refractivity contribution in [3.63, 3.8) is 0 Å². The zero-order valence-electron chi connectivity index (χ0n) is 10.9. The van der Waals surface area contributed by atoms with Crippen LogP contribution in [-0.2, 0) is 12.8 Å². The molecule has 0 saturated heterocycles. The van der Waals surface area contributed by atoms with E-state index in [1.54, 1.807) is 0 Å². The number of rotatable bonds is 2. The molecule has 2 nitrogen and oxygen atoms in total. The van der Waals surface area contributed by atoms with E-state index in [4.69, 9.17) is 0 Å². The number of benzene rings is 1. The van der Waals surface area contributed by atoms with E-state index in [0.717, 1.165) is 43.6 Å². The summed E-state index contributed by atoms with van der Waals surface area (Å²) in [6, 6.07) is 2.45. The maximum absolute atomic E-state index is 13.5. The lowest BCUT2D eigenvalue weighted by Gasteiger charge is -2.21. The lowest BCUT2D eigenvalue weighted by atomic mass is 9.92. The summed E-state index contributed by atoms with van der Waals surface area (Å²) < 4.78 is 26.8. The van der Waals surface area contributed by atoms with E-state index in [0.29, 0.717) is 10.9 Å². The number of nitrogens with one attached hydrogen (secondary N) is 1. The summed E-state index contributed by atoms with van der Waals surface area (Å²) in [6.45, 7) is 2.76. The zero-order chi connectivity index (χ0) is 13.4. The van der Waals surface area contributed by atoms with E-state index in [-0.39, 0.29) is 0 Å². The molecule has 0 atom stereocenters. The average Bonchev–Trinajstić information content (AvgIpc) is 2.41. The monoisotopic (exact) mass is 262 g/mol. The molecular weight excluding hydrogens is 246 g/mol. The SMILES string of the molecule is CCNc1c2c(nc3cc(F)c(F)cc13)CCCC2. The molecule has 0 radical (unpaired) electrons. The van der Waals surface area contributed by atoms with Gasteiger partial charge in [-0.05, 0) is 44.2 Å². The van der Waals surface area contributed by atoms with E-state index >= 15 is 0 Å². The largest absolute Gasteiger partial charge is 0.384 e. The molecule has 0 saturated carbocycles. The summed E-state index contributed by atoms with van der Waals surface area (Å²) in [4.78, 5) is 4.51. The molecule has 0 unspecified atom stereocenters. The fourth-order valence-electron chi connectivity index (χ4n) is 2.80. The van der Waals surface area contributed by atoms with Crippen molar-refractivity contribution in [2.24, 2.45) is 0 Å². The molecule has 1 N–H and O–H groups in total. The van der Waals surface area contributed by atoms with Crippen molar-refractivity contribution < 1.29 is 8.78 Å². The average molecular weight is 262 g/mol. The molecule has 0 spiro atoms. The first-order valence-electron chi connectivity index (χ1n) is 6.75. The number of halogens is 2. The fourth-order valence-corrected chi connectivity index (χ4v) is 2.80. The minimum absolute atomic E-state index is 0.538. The molecule has 0 fully saturated rings. The molecule has 2 aromatic rings. The van der Waals surface area contributed by atoms with Crippen molar-refractivity contribution in [2.75, 3.05) is 11.9 Å². The molecule has 19 heavy (non-hydrogen) atoms. The molecule has 0 aliphatic heterocycles. The Bertz CT molecular complexity index is 638. The minimum atomic E-state index is -0.835. The van der Waals surface area contributed by atoms with E-state index in [1.165, 1.54) is 17.7 Å². The Labute approximate surface area is 110 Å². The molecule has 1 aromatic carbocycles. The highest BCUT2D eigenvalue weighted by atomic mass is 19.2. The van der Waals surface area contributed by atoms with E-state index < -0.39 is 11.6 Å². The van der Waals surface area contributed by atoms with Crippen LogP contribution >= 0.6 is 0 Å². The van der Waals surface area contributed by atoms with Gasteiger partial charge in [0.2, 0.25) is 0 Å². The number of aryl methyl sites for hydroxylation is 1. The van der Waals surface area contributed by atoms with Crippen LogP contribution in [0.3, 0.4) is 0 Å². The number of pyridine rings is 1. The molecule has 0 amide bonds. The molecule has 1 aliphatic rings. The van der Waals surface area contributed by atoms with E-state index in [2.05, 4.69) is 10.3 Å². The zero-order valence-corrected chi connectivity index (χ0v) is 10.9. The molecule has 3 rings (SSSR count). The smallest absolute Gasteiger partial charge is 0.161 e. The van der Waals surface area contributed by atoms with Gasteiger partial charge in [0.25, 0.3) is 0 Å². The highest BCUT2D eigenvalue weighted by molar-refractivity contribution is 5.93. The molecule has 100 valence electrons. The summed E-state index contributed by atoms with van der Waals surface area (Å²) in [6.07, 6.45) is 4.12. The van der Waals surface area contributed by atoms with Crippen molar-refractivity contribution in [1.29, 1.82) is 0 Å². The van der Waals surface area contributed by atoms with Gasteiger partial charge in [0.15, 0.2) is 11.6 Å². The van der Waals surface area contributed by atoms with Crippen LogP contribution in [0, 0.1) is 11.6 Å². The second-order valence-corrected chi connectivity index (χ2v) is 4.93. The Balaban J connectivity index is 2.32. The van der Waals surface area contributed by atoms with Crippen LogP contribution in [0.25, 0.3) is 10.9 Å². The van der Waals surface area contributed by atoms with Crippen LogP contribution in [0.1, 0.15) is 31.0 Å². The number of hydrogen-bond acceptors (Lipinski definition) is 2. The van der Waals surface area contributed by atoms with Gasteiger partial charge < -0.3 is 5.32 Å². The number of fused-ring (bicyclic) bond motifs is 2. The van der Waals surface area contributed by atoms with Crippen molar-refractivity contribution >= 4 is 16.6 Å².